The molecular formula is C22H18ClN3S. The Morgan fingerprint density at radius 1 is 0.852 bits per heavy atom. The van der Waals surface area contributed by atoms with E-state index in [0.29, 0.717) is 0 Å². The third-order valence-electron chi connectivity index (χ3n) is 4.27. The fraction of sp³-hybridized carbons (Fsp3) is 0.0909. The van der Waals surface area contributed by atoms with Crippen molar-refractivity contribution in [1.29, 1.82) is 0 Å². The molecule has 1 aromatic heterocycles. The summed E-state index contributed by atoms with van der Waals surface area (Å²) in [6.45, 7) is 2.08. The van der Waals surface area contributed by atoms with Gasteiger partial charge in [-0.2, -0.15) is 0 Å². The van der Waals surface area contributed by atoms with E-state index < -0.39 is 0 Å². The van der Waals surface area contributed by atoms with E-state index in [4.69, 9.17) is 11.6 Å². The van der Waals surface area contributed by atoms with E-state index in [1.165, 1.54) is 5.56 Å². The fourth-order valence-electron chi connectivity index (χ4n) is 2.82. The Kier molecular flexibility index (Phi) is 5.28. The van der Waals surface area contributed by atoms with Crippen molar-refractivity contribution >= 4 is 23.4 Å². The predicted octanol–water partition coefficient (Wildman–Crippen LogP) is 6.19. The predicted molar refractivity (Wildman–Crippen MR) is 113 cm³/mol. The molecule has 1 heterocycles. The molecule has 0 aliphatic heterocycles. The van der Waals surface area contributed by atoms with Gasteiger partial charge in [-0.3, -0.25) is 4.57 Å². The standard InChI is InChI=1S/C22H18ClN3S/c1-16-11-13-17(14-12-16)21-24-25-22(26(21)19-8-3-2-4-9-19)27-15-18-7-5-6-10-20(18)23/h2-14H,15H2,1H3. The monoisotopic (exact) mass is 391 g/mol. The number of aromatic nitrogens is 3. The zero-order chi connectivity index (χ0) is 18.6. The van der Waals surface area contributed by atoms with Gasteiger partial charge in [0.15, 0.2) is 11.0 Å². The van der Waals surface area contributed by atoms with Gasteiger partial charge in [-0.05, 0) is 30.7 Å². The molecule has 4 rings (SSSR count). The number of halogens is 1. The number of nitrogens with zero attached hydrogens (tertiary/aromatic N) is 3. The first-order valence-corrected chi connectivity index (χ1v) is 10.0. The molecule has 0 N–H and O–H groups in total. The first-order chi connectivity index (χ1) is 13.2. The Morgan fingerprint density at radius 2 is 1.56 bits per heavy atom. The second kappa shape index (κ2) is 7.99. The molecule has 0 amide bonds. The van der Waals surface area contributed by atoms with E-state index in [-0.39, 0.29) is 0 Å². The van der Waals surface area contributed by atoms with Crippen molar-refractivity contribution in [1.82, 2.24) is 14.8 Å². The van der Waals surface area contributed by atoms with Crippen LogP contribution in [-0.4, -0.2) is 14.8 Å². The van der Waals surface area contributed by atoms with Crippen LogP contribution < -0.4 is 0 Å². The first-order valence-electron chi connectivity index (χ1n) is 8.66. The molecule has 0 unspecified atom stereocenters. The van der Waals surface area contributed by atoms with Crippen LogP contribution >= 0.6 is 23.4 Å². The van der Waals surface area contributed by atoms with Gasteiger partial charge >= 0.3 is 0 Å². The number of rotatable bonds is 5. The number of hydrogen-bond acceptors (Lipinski definition) is 3. The molecular weight excluding hydrogens is 374 g/mol. The van der Waals surface area contributed by atoms with Crippen LogP contribution in [0.2, 0.25) is 5.02 Å². The third-order valence-corrected chi connectivity index (χ3v) is 5.62. The van der Waals surface area contributed by atoms with Crippen molar-refractivity contribution in [3.63, 3.8) is 0 Å². The largest absolute Gasteiger partial charge is 0.270 e. The van der Waals surface area contributed by atoms with Gasteiger partial charge in [0.1, 0.15) is 0 Å². The molecule has 0 radical (unpaired) electrons. The second-order valence-electron chi connectivity index (χ2n) is 6.22. The van der Waals surface area contributed by atoms with Crippen LogP contribution in [0.15, 0.2) is 84.0 Å². The van der Waals surface area contributed by atoms with E-state index in [0.717, 1.165) is 38.6 Å². The van der Waals surface area contributed by atoms with Gasteiger partial charge < -0.3 is 0 Å². The zero-order valence-electron chi connectivity index (χ0n) is 14.8. The highest BCUT2D eigenvalue weighted by Crippen LogP contribution is 2.31. The fourth-order valence-corrected chi connectivity index (χ4v) is 4.06. The molecule has 27 heavy (non-hydrogen) atoms. The summed E-state index contributed by atoms with van der Waals surface area (Å²) in [6.07, 6.45) is 0. The summed E-state index contributed by atoms with van der Waals surface area (Å²) in [4.78, 5) is 0. The number of para-hydroxylation sites is 1. The lowest BCUT2D eigenvalue weighted by molar-refractivity contribution is 0.886. The van der Waals surface area contributed by atoms with Crippen LogP contribution in [0, 0.1) is 6.92 Å². The molecule has 0 aliphatic rings. The Bertz CT molecular complexity index is 1040. The summed E-state index contributed by atoms with van der Waals surface area (Å²) in [5.74, 6) is 1.57. The van der Waals surface area contributed by atoms with E-state index in [9.17, 15) is 0 Å². The summed E-state index contributed by atoms with van der Waals surface area (Å²) in [5, 5.41) is 10.6. The number of thioether (sulfide) groups is 1. The minimum Gasteiger partial charge on any atom is -0.270 e. The molecule has 134 valence electrons. The maximum Gasteiger partial charge on any atom is 0.196 e. The summed E-state index contributed by atoms with van der Waals surface area (Å²) < 4.78 is 2.10. The highest BCUT2D eigenvalue weighted by atomic mass is 35.5. The summed E-state index contributed by atoms with van der Waals surface area (Å²) in [6, 6.07) is 26.5. The Hall–Kier alpha value is -2.56. The van der Waals surface area contributed by atoms with Gasteiger partial charge in [-0.25, -0.2) is 0 Å². The molecule has 0 saturated heterocycles. The molecule has 3 nitrogen and oxygen atoms in total. The van der Waals surface area contributed by atoms with Crippen molar-refractivity contribution in [2.45, 2.75) is 17.8 Å². The maximum atomic E-state index is 6.31. The first kappa shape index (κ1) is 17.8. The van der Waals surface area contributed by atoms with Crippen molar-refractivity contribution in [2.75, 3.05) is 0 Å². The van der Waals surface area contributed by atoms with E-state index in [1.807, 2.05) is 42.5 Å². The van der Waals surface area contributed by atoms with Gasteiger partial charge in [0.25, 0.3) is 0 Å². The Balaban J connectivity index is 1.73. The summed E-state index contributed by atoms with van der Waals surface area (Å²) in [7, 11) is 0. The van der Waals surface area contributed by atoms with Gasteiger partial charge in [0, 0.05) is 22.0 Å². The Labute approximate surface area is 168 Å². The molecule has 0 spiro atoms. The average molecular weight is 392 g/mol. The molecule has 0 aliphatic carbocycles. The van der Waals surface area contributed by atoms with Crippen LogP contribution in [0.4, 0.5) is 0 Å². The minimum atomic E-state index is 0.735. The topological polar surface area (TPSA) is 30.7 Å². The highest BCUT2D eigenvalue weighted by molar-refractivity contribution is 7.98. The molecule has 0 bridgehead atoms. The van der Waals surface area contributed by atoms with Crippen LogP contribution in [0.5, 0.6) is 0 Å². The van der Waals surface area contributed by atoms with E-state index >= 15 is 0 Å². The van der Waals surface area contributed by atoms with Gasteiger partial charge in [0.2, 0.25) is 0 Å². The van der Waals surface area contributed by atoms with Crippen molar-refractivity contribution in [2.24, 2.45) is 0 Å². The minimum absolute atomic E-state index is 0.735. The lowest BCUT2D eigenvalue weighted by Gasteiger charge is -2.11. The lowest BCUT2D eigenvalue weighted by Crippen LogP contribution is -1.99. The van der Waals surface area contributed by atoms with Crippen LogP contribution in [-0.2, 0) is 5.75 Å². The quantitative estimate of drug-likeness (QED) is 0.380. The van der Waals surface area contributed by atoms with Crippen LogP contribution in [0.25, 0.3) is 17.1 Å². The lowest BCUT2D eigenvalue weighted by atomic mass is 10.1. The number of hydrogen-bond donors (Lipinski definition) is 0. The normalized spacial score (nSPS) is 10.9. The zero-order valence-corrected chi connectivity index (χ0v) is 16.4. The summed E-state index contributed by atoms with van der Waals surface area (Å²) in [5.41, 5.74) is 4.39. The van der Waals surface area contributed by atoms with Gasteiger partial charge in [-0.1, -0.05) is 89.6 Å². The van der Waals surface area contributed by atoms with Crippen molar-refractivity contribution in [3.8, 4) is 17.1 Å². The van der Waals surface area contributed by atoms with E-state index in [1.54, 1.807) is 11.8 Å². The molecule has 0 saturated carbocycles. The molecule has 3 aromatic carbocycles. The average Bonchev–Trinajstić information content (AvgIpc) is 3.12. The molecule has 4 aromatic rings. The van der Waals surface area contributed by atoms with Crippen LogP contribution in [0.3, 0.4) is 0 Å². The van der Waals surface area contributed by atoms with E-state index in [2.05, 4.69) is 58.1 Å². The van der Waals surface area contributed by atoms with Gasteiger partial charge in [0.05, 0.1) is 0 Å². The highest BCUT2D eigenvalue weighted by Gasteiger charge is 2.16. The van der Waals surface area contributed by atoms with Gasteiger partial charge in [-0.15, -0.1) is 10.2 Å². The summed E-state index contributed by atoms with van der Waals surface area (Å²) >= 11 is 7.94. The SMILES string of the molecule is Cc1ccc(-c2nnc(SCc3ccccc3Cl)n2-c2ccccc2)cc1. The third kappa shape index (κ3) is 3.92. The number of benzene rings is 3. The molecule has 5 heteroatoms. The second-order valence-corrected chi connectivity index (χ2v) is 7.57. The Morgan fingerprint density at radius 3 is 2.30 bits per heavy atom. The van der Waals surface area contributed by atoms with Crippen LogP contribution in [0.1, 0.15) is 11.1 Å². The maximum absolute atomic E-state index is 6.31. The molecule has 0 atom stereocenters. The smallest absolute Gasteiger partial charge is 0.196 e. The van der Waals surface area contributed by atoms with Crippen molar-refractivity contribution in [3.05, 3.63) is 95.0 Å². The number of aryl methyl sites for hydroxylation is 1. The molecule has 0 fully saturated rings. The van der Waals surface area contributed by atoms with Crippen molar-refractivity contribution < 1.29 is 0 Å².